The second-order valence-electron chi connectivity index (χ2n) is 5.02. The van der Waals surface area contributed by atoms with Gasteiger partial charge < -0.3 is 4.74 Å². The zero-order valence-corrected chi connectivity index (χ0v) is 13.4. The number of rotatable bonds is 5. The predicted octanol–water partition coefficient (Wildman–Crippen LogP) is 5.55. The van der Waals surface area contributed by atoms with Crippen LogP contribution in [0, 0.1) is 0 Å². The summed E-state index contributed by atoms with van der Waals surface area (Å²) >= 11 is 12.0. The van der Waals surface area contributed by atoms with Crippen molar-refractivity contribution in [2.45, 2.75) is 12.8 Å². The molecule has 22 heavy (non-hydrogen) atoms. The quantitative estimate of drug-likeness (QED) is 0.571. The van der Waals surface area contributed by atoms with Gasteiger partial charge in [0.2, 0.25) is 0 Å². The first kappa shape index (κ1) is 15.1. The van der Waals surface area contributed by atoms with Crippen molar-refractivity contribution in [1.82, 2.24) is 4.98 Å². The first-order chi connectivity index (χ1) is 10.7. The van der Waals surface area contributed by atoms with Crippen LogP contribution in [0.15, 0.2) is 54.7 Å². The summed E-state index contributed by atoms with van der Waals surface area (Å²) < 4.78 is 5.90. The number of hydrogen-bond acceptors (Lipinski definition) is 2. The maximum atomic E-state index is 6.15. The van der Waals surface area contributed by atoms with Crippen molar-refractivity contribution in [3.05, 3.63) is 70.3 Å². The van der Waals surface area contributed by atoms with Crippen LogP contribution in [0.1, 0.15) is 12.0 Å². The molecule has 0 unspecified atom stereocenters. The SMILES string of the molecule is Clc1ccc(CCCOc2ccnc3c(Cl)cccc23)cc1. The monoisotopic (exact) mass is 331 g/mol. The third-order valence-corrected chi connectivity index (χ3v) is 4.02. The number of aromatic nitrogens is 1. The zero-order chi connectivity index (χ0) is 15.4. The minimum atomic E-state index is 0.643. The fraction of sp³-hybridized carbons (Fsp3) is 0.167. The Labute approximate surface area is 139 Å². The Kier molecular flexibility index (Phi) is 4.81. The third kappa shape index (κ3) is 3.52. The fourth-order valence-electron chi connectivity index (χ4n) is 2.35. The Morgan fingerprint density at radius 1 is 0.955 bits per heavy atom. The van der Waals surface area contributed by atoms with Gasteiger partial charge in [0.1, 0.15) is 5.75 Å². The highest BCUT2D eigenvalue weighted by Gasteiger charge is 2.05. The highest BCUT2D eigenvalue weighted by atomic mass is 35.5. The van der Waals surface area contributed by atoms with Crippen LogP contribution < -0.4 is 4.74 Å². The van der Waals surface area contributed by atoms with Crippen LogP contribution in [0.4, 0.5) is 0 Å². The van der Waals surface area contributed by atoms with Gasteiger partial charge in [-0.25, -0.2) is 0 Å². The van der Waals surface area contributed by atoms with Crippen LogP contribution in [0.5, 0.6) is 5.75 Å². The molecule has 0 fully saturated rings. The fourth-order valence-corrected chi connectivity index (χ4v) is 2.70. The lowest BCUT2D eigenvalue weighted by Crippen LogP contribution is -2.00. The summed E-state index contributed by atoms with van der Waals surface area (Å²) in [5, 5.41) is 2.35. The van der Waals surface area contributed by atoms with E-state index in [1.54, 1.807) is 6.20 Å². The number of pyridine rings is 1. The van der Waals surface area contributed by atoms with Gasteiger partial charge in [-0.3, -0.25) is 4.98 Å². The Morgan fingerprint density at radius 2 is 1.77 bits per heavy atom. The molecular weight excluding hydrogens is 317 g/mol. The van der Waals surface area contributed by atoms with Gasteiger partial charge in [0.15, 0.2) is 0 Å². The molecule has 0 aliphatic carbocycles. The van der Waals surface area contributed by atoms with E-state index in [0.717, 1.165) is 34.5 Å². The molecule has 2 aromatic carbocycles. The smallest absolute Gasteiger partial charge is 0.130 e. The molecule has 3 aromatic rings. The van der Waals surface area contributed by atoms with E-state index in [4.69, 9.17) is 27.9 Å². The average molecular weight is 332 g/mol. The highest BCUT2D eigenvalue weighted by molar-refractivity contribution is 6.35. The Bertz CT molecular complexity index is 772. The van der Waals surface area contributed by atoms with Gasteiger partial charge in [0.05, 0.1) is 17.1 Å². The van der Waals surface area contributed by atoms with Crippen molar-refractivity contribution in [1.29, 1.82) is 0 Å². The van der Waals surface area contributed by atoms with Crippen LogP contribution in [0.2, 0.25) is 10.0 Å². The Morgan fingerprint density at radius 3 is 2.59 bits per heavy atom. The van der Waals surface area contributed by atoms with Gasteiger partial charge in [-0.1, -0.05) is 41.4 Å². The molecule has 2 nitrogen and oxygen atoms in total. The number of ether oxygens (including phenoxy) is 1. The van der Waals surface area contributed by atoms with Crippen molar-refractivity contribution in [2.24, 2.45) is 0 Å². The lowest BCUT2D eigenvalue weighted by Gasteiger charge is -2.09. The Balaban J connectivity index is 1.62. The van der Waals surface area contributed by atoms with E-state index in [2.05, 4.69) is 4.98 Å². The van der Waals surface area contributed by atoms with Crippen molar-refractivity contribution >= 4 is 34.1 Å². The van der Waals surface area contributed by atoms with Crippen molar-refractivity contribution < 1.29 is 4.74 Å². The lowest BCUT2D eigenvalue weighted by molar-refractivity contribution is 0.314. The number of fused-ring (bicyclic) bond motifs is 1. The van der Waals surface area contributed by atoms with Crippen molar-refractivity contribution in [3.63, 3.8) is 0 Å². The van der Waals surface area contributed by atoms with E-state index in [1.165, 1.54) is 5.56 Å². The molecule has 3 rings (SSSR count). The maximum Gasteiger partial charge on any atom is 0.130 e. The minimum Gasteiger partial charge on any atom is -0.493 e. The van der Waals surface area contributed by atoms with E-state index in [0.29, 0.717) is 11.6 Å². The van der Waals surface area contributed by atoms with E-state index < -0.39 is 0 Å². The molecule has 0 aliphatic rings. The molecule has 0 bridgehead atoms. The lowest BCUT2D eigenvalue weighted by atomic mass is 10.1. The number of benzene rings is 2. The molecule has 1 heterocycles. The van der Waals surface area contributed by atoms with Crippen LogP contribution >= 0.6 is 23.2 Å². The van der Waals surface area contributed by atoms with Gasteiger partial charge >= 0.3 is 0 Å². The highest BCUT2D eigenvalue weighted by Crippen LogP contribution is 2.28. The second-order valence-corrected chi connectivity index (χ2v) is 5.87. The summed E-state index contributed by atoms with van der Waals surface area (Å²) in [7, 11) is 0. The molecule has 0 atom stereocenters. The molecule has 0 aliphatic heterocycles. The molecule has 0 saturated carbocycles. The van der Waals surface area contributed by atoms with E-state index in [9.17, 15) is 0 Å². The van der Waals surface area contributed by atoms with Crippen molar-refractivity contribution in [3.8, 4) is 5.75 Å². The standard InChI is InChI=1S/C18H15Cl2NO/c19-14-8-6-13(7-9-14)3-2-12-22-17-10-11-21-18-15(17)4-1-5-16(18)20/h1,4-11H,2-3,12H2. The van der Waals surface area contributed by atoms with Crippen LogP contribution in [0.25, 0.3) is 10.9 Å². The third-order valence-electron chi connectivity index (χ3n) is 3.46. The summed E-state index contributed by atoms with van der Waals surface area (Å²) in [6, 6.07) is 15.5. The summed E-state index contributed by atoms with van der Waals surface area (Å²) in [5.41, 5.74) is 2.04. The number of hydrogen-bond donors (Lipinski definition) is 0. The summed E-state index contributed by atoms with van der Waals surface area (Å²) in [6.45, 7) is 0.647. The van der Waals surface area contributed by atoms with Crippen LogP contribution in [-0.4, -0.2) is 11.6 Å². The molecule has 0 amide bonds. The molecule has 1 aromatic heterocycles. The second kappa shape index (κ2) is 6.99. The maximum absolute atomic E-state index is 6.15. The minimum absolute atomic E-state index is 0.643. The topological polar surface area (TPSA) is 22.1 Å². The van der Waals surface area contributed by atoms with Gasteiger partial charge in [-0.2, -0.15) is 0 Å². The van der Waals surface area contributed by atoms with Crippen LogP contribution in [-0.2, 0) is 6.42 Å². The van der Waals surface area contributed by atoms with E-state index in [-0.39, 0.29) is 0 Å². The number of para-hydroxylation sites is 1. The van der Waals surface area contributed by atoms with Gasteiger partial charge in [0.25, 0.3) is 0 Å². The molecular formula is C18H15Cl2NO. The van der Waals surface area contributed by atoms with E-state index in [1.807, 2.05) is 48.5 Å². The summed E-state index contributed by atoms with van der Waals surface area (Å²) in [4.78, 5) is 4.30. The van der Waals surface area contributed by atoms with Gasteiger partial charge in [-0.15, -0.1) is 0 Å². The molecule has 112 valence electrons. The number of nitrogens with zero attached hydrogens (tertiary/aromatic N) is 1. The van der Waals surface area contributed by atoms with Gasteiger partial charge in [0, 0.05) is 16.6 Å². The zero-order valence-electron chi connectivity index (χ0n) is 11.9. The first-order valence-electron chi connectivity index (χ1n) is 7.14. The van der Waals surface area contributed by atoms with E-state index >= 15 is 0 Å². The molecule has 0 N–H and O–H groups in total. The van der Waals surface area contributed by atoms with Gasteiger partial charge in [-0.05, 0) is 48.7 Å². The predicted molar refractivity (Wildman–Crippen MR) is 92.0 cm³/mol. The summed E-state index contributed by atoms with van der Waals surface area (Å²) in [5.74, 6) is 0.823. The van der Waals surface area contributed by atoms with Crippen molar-refractivity contribution in [2.75, 3.05) is 6.61 Å². The average Bonchev–Trinajstić information content (AvgIpc) is 2.54. The largest absolute Gasteiger partial charge is 0.493 e. The Hall–Kier alpha value is -1.77. The van der Waals surface area contributed by atoms with Crippen LogP contribution in [0.3, 0.4) is 0 Å². The number of halogens is 2. The molecule has 0 radical (unpaired) electrons. The molecule has 0 saturated heterocycles. The first-order valence-corrected chi connectivity index (χ1v) is 7.90. The molecule has 0 spiro atoms. The normalized spacial score (nSPS) is 10.8. The number of aryl methyl sites for hydroxylation is 1. The summed E-state index contributed by atoms with van der Waals surface area (Å²) in [6.07, 6.45) is 3.62. The molecule has 4 heteroatoms.